The van der Waals surface area contributed by atoms with Crippen molar-refractivity contribution in [3.8, 4) is 0 Å². The van der Waals surface area contributed by atoms with Gasteiger partial charge >= 0.3 is 5.97 Å². The first kappa shape index (κ1) is 14.1. The third-order valence-corrected chi connectivity index (χ3v) is 2.37. The van der Waals surface area contributed by atoms with Crippen LogP contribution in [0.5, 0.6) is 0 Å². The number of esters is 1. The second kappa shape index (κ2) is 5.56. The number of nitro groups is 1. The third kappa shape index (κ3) is 3.79. The zero-order chi connectivity index (χ0) is 13.8. The largest absolute Gasteiger partial charge is 0.466 e. The van der Waals surface area contributed by atoms with Crippen molar-refractivity contribution in [2.75, 3.05) is 6.61 Å². The number of hydrogen-bond donors (Lipinski definition) is 2. The van der Waals surface area contributed by atoms with Crippen LogP contribution in [-0.2, 0) is 15.3 Å². The number of carbonyl (C=O) groups excluding carboxylic acids is 1. The summed E-state index contributed by atoms with van der Waals surface area (Å²) in [6.07, 6.45) is 0.00436. The van der Waals surface area contributed by atoms with Gasteiger partial charge in [-0.2, -0.15) is 0 Å². The van der Waals surface area contributed by atoms with Gasteiger partial charge in [-0.15, -0.1) is 0 Å². The molecule has 1 atom stereocenters. The Morgan fingerprint density at radius 1 is 1.50 bits per heavy atom. The Bertz CT molecular complexity index is 441. The predicted molar refractivity (Wildman–Crippen MR) is 62.4 cm³/mol. The van der Waals surface area contributed by atoms with Crippen LogP contribution in [0.4, 0.5) is 5.69 Å². The van der Waals surface area contributed by atoms with Crippen LogP contribution in [0.25, 0.3) is 0 Å². The van der Waals surface area contributed by atoms with Crippen LogP contribution < -0.4 is 5.73 Å². The Labute approximate surface area is 103 Å². The Hall–Kier alpha value is -1.99. The lowest BCUT2D eigenvalue weighted by atomic mass is 10.0. The number of nitrogens with two attached hydrogens (primary N) is 1. The summed E-state index contributed by atoms with van der Waals surface area (Å²) in [5.74, 6) is -0.463. The van der Waals surface area contributed by atoms with Gasteiger partial charge in [0, 0.05) is 25.5 Å². The van der Waals surface area contributed by atoms with Gasteiger partial charge in [0.2, 0.25) is 0 Å². The van der Waals surface area contributed by atoms with Gasteiger partial charge < -0.3 is 9.84 Å². The van der Waals surface area contributed by atoms with Crippen molar-refractivity contribution in [1.29, 1.82) is 0 Å². The molecule has 0 aliphatic heterocycles. The van der Waals surface area contributed by atoms with Gasteiger partial charge in [0.15, 0.2) is 0 Å². The van der Waals surface area contributed by atoms with Crippen LogP contribution in [0.15, 0.2) is 24.3 Å². The number of rotatable bonds is 5. The smallest absolute Gasteiger partial charge is 0.302 e. The minimum atomic E-state index is -1.69. The molecular formula is C11H14N2O5. The van der Waals surface area contributed by atoms with Gasteiger partial charge in [-0.25, -0.2) is 0 Å². The van der Waals surface area contributed by atoms with E-state index >= 15 is 0 Å². The van der Waals surface area contributed by atoms with Gasteiger partial charge in [0.25, 0.3) is 5.69 Å². The molecule has 0 aliphatic carbocycles. The molecule has 1 unspecified atom stereocenters. The molecule has 98 valence electrons. The maximum Gasteiger partial charge on any atom is 0.302 e. The first-order valence-corrected chi connectivity index (χ1v) is 5.22. The van der Waals surface area contributed by atoms with Crippen LogP contribution in [-0.4, -0.2) is 22.6 Å². The molecule has 0 bridgehead atoms. The van der Waals surface area contributed by atoms with E-state index in [0.29, 0.717) is 5.56 Å². The number of nitrogens with zero attached hydrogens (tertiary/aromatic N) is 1. The molecule has 0 amide bonds. The van der Waals surface area contributed by atoms with Crippen LogP contribution in [0.3, 0.4) is 0 Å². The molecule has 3 N–H and O–H groups in total. The van der Waals surface area contributed by atoms with Crippen molar-refractivity contribution >= 4 is 11.7 Å². The highest BCUT2D eigenvalue weighted by atomic mass is 16.6. The van der Waals surface area contributed by atoms with E-state index in [2.05, 4.69) is 4.74 Å². The lowest BCUT2D eigenvalue weighted by molar-refractivity contribution is -0.384. The Morgan fingerprint density at radius 2 is 2.06 bits per heavy atom. The number of carbonyl (C=O) groups is 1. The molecule has 0 radical (unpaired) electrons. The van der Waals surface area contributed by atoms with E-state index in [1.54, 1.807) is 0 Å². The molecule has 1 rings (SSSR count). The van der Waals surface area contributed by atoms with Crippen LogP contribution in [0.2, 0.25) is 0 Å². The molecule has 1 aromatic carbocycles. The van der Waals surface area contributed by atoms with Gasteiger partial charge in [0.1, 0.15) is 5.72 Å². The summed E-state index contributed by atoms with van der Waals surface area (Å²) in [5.41, 5.74) is 4.19. The molecule has 0 aliphatic rings. The van der Waals surface area contributed by atoms with Gasteiger partial charge in [0.05, 0.1) is 11.5 Å². The minimum absolute atomic E-state index is 0.00436. The number of hydrogen-bond acceptors (Lipinski definition) is 6. The highest BCUT2D eigenvalue weighted by molar-refractivity contribution is 5.65. The molecule has 1 aromatic rings. The van der Waals surface area contributed by atoms with Crippen LogP contribution in [0, 0.1) is 10.1 Å². The lowest BCUT2D eigenvalue weighted by Crippen LogP contribution is -2.37. The first-order chi connectivity index (χ1) is 8.33. The number of non-ortho nitro benzene ring substituents is 1. The van der Waals surface area contributed by atoms with E-state index in [1.165, 1.54) is 31.2 Å². The van der Waals surface area contributed by atoms with Gasteiger partial charge in [-0.3, -0.25) is 20.6 Å². The number of ether oxygens (including phenoxy) is 1. The summed E-state index contributed by atoms with van der Waals surface area (Å²) < 4.78 is 4.67. The highest BCUT2D eigenvalue weighted by Gasteiger charge is 2.24. The summed E-state index contributed by atoms with van der Waals surface area (Å²) in [7, 11) is 0. The van der Waals surface area contributed by atoms with E-state index in [0.717, 1.165) is 0 Å². The van der Waals surface area contributed by atoms with Crippen molar-refractivity contribution in [3.63, 3.8) is 0 Å². The summed E-state index contributed by atoms with van der Waals surface area (Å²) in [5, 5.41) is 20.4. The summed E-state index contributed by atoms with van der Waals surface area (Å²) >= 11 is 0. The summed E-state index contributed by atoms with van der Waals surface area (Å²) in [6.45, 7) is 1.22. The van der Waals surface area contributed by atoms with Crippen LogP contribution in [0.1, 0.15) is 18.9 Å². The summed E-state index contributed by atoms with van der Waals surface area (Å²) in [6, 6.07) is 5.23. The van der Waals surface area contributed by atoms with Crippen molar-refractivity contribution in [2.45, 2.75) is 19.1 Å². The molecule has 18 heavy (non-hydrogen) atoms. The maximum atomic E-state index is 10.6. The van der Waals surface area contributed by atoms with E-state index in [9.17, 15) is 20.0 Å². The van der Waals surface area contributed by atoms with Crippen molar-refractivity contribution in [2.24, 2.45) is 5.73 Å². The molecule has 0 fully saturated rings. The van der Waals surface area contributed by atoms with Gasteiger partial charge in [-0.05, 0) is 17.7 Å². The van der Waals surface area contributed by atoms with Crippen molar-refractivity contribution in [1.82, 2.24) is 0 Å². The second-order valence-corrected chi connectivity index (χ2v) is 3.82. The van der Waals surface area contributed by atoms with E-state index in [4.69, 9.17) is 5.73 Å². The predicted octanol–water partition coefficient (Wildman–Crippen LogP) is 0.652. The normalized spacial score (nSPS) is 13.7. The third-order valence-electron chi connectivity index (χ3n) is 2.37. The monoisotopic (exact) mass is 254 g/mol. The fraction of sp³-hybridized carbons (Fsp3) is 0.364. The first-order valence-electron chi connectivity index (χ1n) is 5.22. The molecule has 7 nitrogen and oxygen atoms in total. The SMILES string of the molecule is CC(=O)OCCC(N)(O)c1ccc([N+](=O)[O-])cc1. The topological polar surface area (TPSA) is 116 Å². The Morgan fingerprint density at radius 3 is 2.50 bits per heavy atom. The fourth-order valence-corrected chi connectivity index (χ4v) is 1.37. The molecule has 0 saturated carbocycles. The molecule has 7 heteroatoms. The average molecular weight is 254 g/mol. The number of nitro benzene ring substituents is 1. The number of benzene rings is 1. The number of aliphatic hydroxyl groups is 1. The Kier molecular flexibility index (Phi) is 4.35. The molecule has 0 saturated heterocycles. The van der Waals surface area contributed by atoms with Crippen LogP contribution >= 0.6 is 0 Å². The Balaban J connectivity index is 2.71. The quantitative estimate of drug-likeness (QED) is 0.345. The fourth-order valence-electron chi connectivity index (χ4n) is 1.37. The van der Waals surface area contributed by atoms with E-state index in [-0.39, 0.29) is 18.7 Å². The highest BCUT2D eigenvalue weighted by Crippen LogP contribution is 2.22. The minimum Gasteiger partial charge on any atom is -0.466 e. The molecule has 0 aromatic heterocycles. The van der Waals surface area contributed by atoms with E-state index in [1.807, 2.05) is 0 Å². The lowest BCUT2D eigenvalue weighted by Gasteiger charge is -2.23. The zero-order valence-electron chi connectivity index (χ0n) is 9.83. The van der Waals surface area contributed by atoms with E-state index < -0.39 is 16.6 Å². The van der Waals surface area contributed by atoms with Crippen molar-refractivity contribution < 1.29 is 19.6 Å². The molecule has 0 heterocycles. The van der Waals surface area contributed by atoms with Crippen molar-refractivity contribution in [3.05, 3.63) is 39.9 Å². The second-order valence-electron chi connectivity index (χ2n) is 3.82. The molecule has 0 spiro atoms. The maximum absolute atomic E-state index is 10.6. The van der Waals surface area contributed by atoms with Gasteiger partial charge in [-0.1, -0.05) is 0 Å². The molecular weight excluding hydrogens is 240 g/mol. The standard InChI is InChI=1S/C11H14N2O5/c1-8(14)18-7-6-11(12,15)9-2-4-10(5-3-9)13(16)17/h2-5,15H,6-7,12H2,1H3. The summed E-state index contributed by atoms with van der Waals surface area (Å²) in [4.78, 5) is 20.5. The zero-order valence-corrected chi connectivity index (χ0v) is 9.83. The average Bonchev–Trinajstić information content (AvgIpc) is 2.28.